The third-order valence-corrected chi connectivity index (χ3v) is 6.57. The second-order valence-corrected chi connectivity index (χ2v) is 8.22. The molecule has 2 aromatic heterocycles. The summed E-state index contributed by atoms with van der Waals surface area (Å²) in [6.07, 6.45) is 9.26. The van der Waals surface area contributed by atoms with Gasteiger partial charge in [0.1, 0.15) is 0 Å². The summed E-state index contributed by atoms with van der Waals surface area (Å²) in [7, 11) is 0. The van der Waals surface area contributed by atoms with Gasteiger partial charge in [-0.3, -0.25) is 0 Å². The Hall–Kier alpha value is -1.15. The topological polar surface area (TPSA) is 46.4 Å². The van der Waals surface area contributed by atoms with Crippen LogP contribution >= 0.6 is 23.7 Å². The van der Waals surface area contributed by atoms with Gasteiger partial charge in [-0.25, -0.2) is 9.97 Å². The lowest BCUT2D eigenvalue weighted by atomic mass is 10.1. The Morgan fingerprint density at radius 2 is 1.85 bits per heavy atom. The number of anilines is 1. The maximum Gasteiger partial charge on any atom is 0.186 e. The number of aryl methyl sites for hydroxylation is 2. The number of nitrogens with zero attached hydrogens (tertiary/aromatic N) is 5. The molecule has 0 aliphatic carbocycles. The fraction of sp³-hybridized carbons (Fsp3) is 0.684. The first-order valence-corrected chi connectivity index (χ1v) is 10.7. The average Bonchev–Trinajstić information content (AvgIpc) is 3.29. The molecule has 0 bridgehead atoms. The number of likely N-dealkylation sites (tertiary alicyclic amines) is 1. The number of thiazole rings is 1. The third-order valence-electron chi connectivity index (χ3n) is 5.33. The minimum Gasteiger partial charge on any atom is -0.378 e. The number of imidazole rings is 1. The lowest BCUT2D eigenvalue weighted by Crippen LogP contribution is -2.36. The summed E-state index contributed by atoms with van der Waals surface area (Å²) in [4.78, 5) is 15.4. The first kappa shape index (κ1) is 20.6. The molecule has 2 fully saturated rings. The van der Waals surface area contributed by atoms with Crippen molar-refractivity contribution in [3.63, 3.8) is 0 Å². The Morgan fingerprint density at radius 3 is 2.63 bits per heavy atom. The van der Waals surface area contributed by atoms with Gasteiger partial charge < -0.3 is 19.1 Å². The van der Waals surface area contributed by atoms with Crippen molar-refractivity contribution in [2.45, 2.75) is 39.2 Å². The Bertz CT molecular complexity index is 707. The van der Waals surface area contributed by atoms with E-state index in [1.165, 1.54) is 55.9 Å². The van der Waals surface area contributed by atoms with E-state index in [0.29, 0.717) is 0 Å². The quantitative estimate of drug-likeness (QED) is 0.728. The minimum atomic E-state index is 0. The van der Waals surface area contributed by atoms with Crippen LogP contribution in [0.5, 0.6) is 0 Å². The van der Waals surface area contributed by atoms with Crippen molar-refractivity contribution >= 4 is 28.9 Å². The molecule has 0 radical (unpaired) electrons. The number of morpholine rings is 1. The van der Waals surface area contributed by atoms with Crippen LogP contribution < -0.4 is 4.90 Å². The van der Waals surface area contributed by atoms with Crippen molar-refractivity contribution in [2.75, 3.05) is 50.8 Å². The van der Waals surface area contributed by atoms with Gasteiger partial charge in [0.15, 0.2) is 5.13 Å². The molecule has 150 valence electrons. The van der Waals surface area contributed by atoms with Crippen LogP contribution in [0.4, 0.5) is 5.13 Å². The Kier molecular flexibility index (Phi) is 7.52. The fourth-order valence-corrected chi connectivity index (χ4v) is 4.99. The van der Waals surface area contributed by atoms with Crippen molar-refractivity contribution in [3.8, 4) is 10.6 Å². The summed E-state index contributed by atoms with van der Waals surface area (Å²) in [5, 5.41) is 1.11. The number of aromatic nitrogens is 3. The standard InChI is InChI=1S/C19H29N5OS.ClH/c1-16-18(26-19(21-16)23-10-12-25-13-11-23)17-14-20-15-24(17)9-5-8-22-6-3-2-4-7-22;/h14-15H,2-13H2,1H3;1H. The number of piperidine rings is 1. The van der Waals surface area contributed by atoms with Crippen molar-refractivity contribution in [1.82, 2.24) is 19.4 Å². The zero-order chi connectivity index (χ0) is 17.8. The van der Waals surface area contributed by atoms with E-state index in [0.717, 1.165) is 43.7 Å². The van der Waals surface area contributed by atoms with E-state index >= 15 is 0 Å². The van der Waals surface area contributed by atoms with E-state index in [4.69, 9.17) is 9.72 Å². The second-order valence-electron chi connectivity index (χ2n) is 7.24. The number of hydrogen-bond acceptors (Lipinski definition) is 6. The van der Waals surface area contributed by atoms with Gasteiger partial charge in [-0.2, -0.15) is 0 Å². The minimum absolute atomic E-state index is 0. The molecular formula is C19H30ClN5OS. The highest BCUT2D eigenvalue weighted by Gasteiger charge is 2.19. The summed E-state index contributed by atoms with van der Waals surface area (Å²) in [6, 6.07) is 0. The van der Waals surface area contributed by atoms with Crippen molar-refractivity contribution in [3.05, 3.63) is 18.2 Å². The summed E-state index contributed by atoms with van der Waals surface area (Å²) >= 11 is 1.79. The Morgan fingerprint density at radius 1 is 1.07 bits per heavy atom. The van der Waals surface area contributed by atoms with Crippen LogP contribution in [0.25, 0.3) is 10.6 Å². The predicted octanol–water partition coefficient (Wildman–Crippen LogP) is 3.45. The number of halogens is 1. The highest BCUT2D eigenvalue weighted by atomic mass is 35.5. The van der Waals surface area contributed by atoms with Crippen LogP contribution in [-0.2, 0) is 11.3 Å². The molecule has 0 saturated carbocycles. The SMILES string of the molecule is Cc1nc(N2CCOCC2)sc1-c1cncn1CCCN1CCCCC1.Cl. The van der Waals surface area contributed by atoms with Gasteiger partial charge in [0, 0.05) is 19.6 Å². The third kappa shape index (κ3) is 5.02. The van der Waals surface area contributed by atoms with Crippen LogP contribution in [0.1, 0.15) is 31.4 Å². The van der Waals surface area contributed by atoms with Gasteiger partial charge >= 0.3 is 0 Å². The van der Waals surface area contributed by atoms with Gasteiger partial charge in [0.2, 0.25) is 0 Å². The molecule has 27 heavy (non-hydrogen) atoms. The van der Waals surface area contributed by atoms with Crippen LogP contribution in [0.15, 0.2) is 12.5 Å². The maximum atomic E-state index is 5.46. The largest absolute Gasteiger partial charge is 0.378 e. The first-order valence-electron chi connectivity index (χ1n) is 9.84. The molecule has 4 heterocycles. The molecule has 6 nitrogen and oxygen atoms in total. The van der Waals surface area contributed by atoms with Crippen molar-refractivity contribution < 1.29 is 4.74 Å². The molecule has 2 aliphatic rings. The molecule has 0 spiro atoms. The van der Waals surface area contributed by atoms with Crippen LogP contribution in [0.2, 0.25) is 0 Å². The highest BCUT2D eigenvalue weighted by molar-refractivity contribution is 7.19. The summed E-state index contributed by atoms with van der Waals surface area (Å²) in [5.74, 6) is 0. The van der Waals surface area contributed by atoms with Gasteiger partial charge in [-0.1, -0.05) is 17.8 Å². The summed E-state index contributed by atoms with van der Waals surface area (Å²) in [5.41, 5.74) is 2.31. The monoisotopic (exact) mass is 411 g/mol. The highest BCUT2D eigenvalue weighted by Crippen LogP contribution is 2.34. The fourth-order valence-electron chi connectivity index (χ4n) is 3.85. The van der Waals surface area contributed by atoms with Crippen LogP contribution in [0, 0.1) is 6.92 Å². The van der Waals surface area contributed by atoms with E-state index in [1.54, 1.807) is 11.3 Å². The Balaban J connectivity index is 0.00000210. The van der Waals surface area contributed by atoms with Crippen molar-refractivity contribution in [2.24, 2.45) is 0 Å². The molecule has 0 unspecified atom stereocenters. The molecule has 0 amide bonds. The molecule has 8 heteroatoms. The Labute approximate surface area is 172 Å². The first-order chi connectivity index (χ1) is 12.8. The lowest BCUT2D eigenvalue weighted by Gasteiger charge is -2.26. The van der Waals surface area contributed by atoms with Crippen LogP contribution in [0.3, 0.4) is 0 Å². The van der Waals surface area contributed by atoms with Crippen LogP contribution in [-0.4, -0.2) is 65.4 Å². The zero-order valence-electron chi connectivity index (χ0n) is 16.1. The summed E-state index contributed by atoms with van der Waals surface area (Å²) < 4.78 is 7.76. The molecule has 2 aliphatic heterocycles. The van der Waals surface area contributed by atoms with Gasteiger partial charge in [0.25, 0.3) is 0 Å². The van der Waals surface area contributed by atoms with Gasteiger partial charge in [-0.05, 0) is 45.8 Å². The predicted molar refractivity (Wildman–Crippen MR) is 113 cm³/mol. The average molecular weight is 412 g/mol. The van der Waals surface area contributed by atoms with Crippen molar-refractivity contribution in [1.29, 1.82) is 0 Å². The smallest absolute Gasteiger partial charge is 0.186 e. The van der Waals surface area contributed by atoms with E-state index < -0.39 is 0 Å². The van der Waals surface area contributed by atoms with Gasteiger partial charge in [0.05, 0.1) is 42.0 Å². The second kappa shape index (κ2) is 9.87. The molecular weight excluding hydrogens is 382 g/mol. The molecule has 0 aromatic carbocycles. The lowest BCUT2D eigenvalue weighted by molar-refractivity contribution is 0.122. The summed E-state index contributed by atoms with van der Waals surface area (Å²) in [6.45, 7) is 10.3. The molecule has 0 N–H and O–H groups in total. The van der Waals surface area contributed by atoms with E-state index in [-0.39, 0.29) is 12.4 Å². The normalized spacial score (nSPS) is 18.5. The molecule has 2 aromatic rings. The van der Waals surface area contributed by atoms with E-state index in [9.17, 15) is 0 Å². The molecule has 0 atom stereocenters. The van der Waals surface area contributed by atoms with Gasteiger partial charge in [-0.15, -0.1) is 12.4 Å². The number of hydrogen-bond donors (Lipinski definition) is 0. The molecule has 4 rings (SSSR count). The zero-order valence-corrected chi connectivity index (χ0v) is 17.7. The van der Waals surface area contributed by atoms with E-state index in [1.807, 2.05) is 12.5 Å². The number of rotatable bonds is 6. The number of ether oxygens (including phenoxy) is 1. The van der Waals surface area contributed by atoms with E-state index in [2.05, 4.69) is 26.3 Å². The molecule has 2 saturated heterocycles. The maximum absolute atomic E-state index is 5.46.